The van der Waals surface area contributed by atoms with Gasteiger partial charge in [-0.15, -0.1) is 6.58 Å². The molecule has 0 radical (unpaired) electrons. The van der Waals surface area contributed by atoms with E-state index in [0.717, 1.165) is 43.9 Å². The van der Waals surface area contributed by atoms with Crippen molar-refractivity contribution in [1.82, 2.24) is 0 Å². The largest absolute Gasteiger partial charge is 0.463 e. The Morgan fingerprint density at radius 2 is 1.85 bits per heavy atom. The molecule has 8 atom stereocenters. The fourth-order valence-electron chi connectivity index (χ4n) is 8.24. The molecule has 4 aliphatic carbocycles. The molecule has 4 fully saturated rings. The van der Waals surface area contributed by atoms with Crippen LogP contribution in [-0.2, 0) is 9.53 Å². The van der Waals surface area contributed by atoms with Crippen LogP contribution >= 0.6 is 0 Å². The molecule has 0 saturated heterocycles. The number of hydrogen-bond donors (Lipinski definition) is 1. The maximum absolute atomic E-state index is 11.4. The molecular formula is C24H38O3. The lowest BCUT2D eigenvalue weighted by Crippen LogP contribution is -2.56. The molecule has 0 aromatic heterocycles. The Hall–Kier alpha value is -0.830. The molecule has 0 bridgehead atoms. The van der Waals surface area contributed by atoms with E-state index in [0.29, 0.717) is 17.3 Å². The van der Waals surface area contributed by atoms with E-state index < -0.39 is 5.60 Å². The molecule has 0 spiro atoms. The smallest absolute Gasteiger partial charge is 0.302 e. The monoisotopic (exact) mass is 374 g/mol. The summed E-state index contributed by atoms with van der Waals surface area (Å²) in [6.45, 7) is 10.4. The molecule has 0 unspecified atom stereocenters. The molecule has 0 amide bonds. The van der Waals surface area contributed by atoms with Crippen LogP contribution in [0.4, 0.5) is 0 Å². The minimum atomic E-state index is -0.547. The van der Waals surface area contributed by atoms with E-state index in [-0.39, 0.29) is 17.5 Å². The molecule has 3 nitrogen and oxygen atoms in total. The van der Waals surface area contributed by atoms with Gasteiger partial charge >= 0.3 is 5.97 Å². The number of fused-ring (bicyclic) bond motifs is 5. The van der Waals surface area contributed by atoms with Crippen molar-refractivity contribution in [1.29, 1.82) is 0 Å². The van der Waals surface area contributed by atoms with Crippen LogP contribution in [0.3, 0.4) is 0 Å². The fraction of sp³-hybridized carbons (Fsp3) is 0.875. The third-order valence-electron chi connectivity index (χ3n) is 9.75. The van der Waals surface area contributed by atoms with Gasteiger partial charge in [-0.25, -0.2) is 0 Å². The maximum Gasteiger partial charge on any atom is 0.302 e. The third kappa shape index (κ3) is 2.82. The number of hydrogen-bond acceptors (Lipinski definition) is 3. The van der Waals surface area contributed by atoms with E-state index in [1.165, 1.54) is 39.0 Å². The zero-order chi connectivity index (χ0) is 19.4. The zero-order valence-electron chi connectivity index (χ0n) is 17.5. The Labute approximate surface area is 164 Å². The average Bonchev–Trinajstić information content (AvgIpc) is 2.86. The SMILES string of the molecule is C=CC[C@]1(O)CC[C@H]2[C@@H]3CC[C@H]4C[C@H](OC(C)=O)CC[C@]4(C)[C@H]3CC[C@@]21C. The Balaban J connectivity index is 1.54. The van der Waals surface area contributed by atoms with Crippen LogP contribution in [0, 0.1) is 34.5 Å². The molecule has 0 aliphatic heterocycles. The summed E-state index contributed by atoms with van der Waals surface area (Å²) in [4.78, 5) is 11.4. The molecule has 0 aromatic carbocycles. The zero-order valence-corrected chi connectivity index (χ0v) is 17.5. The molecule has 0 heterocycles. The van der Waals surface area contributed by atoms with Crippen LogP contribution in [0.2, 0.25) is 0 Å². The summed E-state index contributed by atoms with van der Waals surface area (Å²) < 4.78 is 5.58. The first-order valence-electron chi connectivity index (χ1n) is 11.2. The summed E-state index contributed by atoms with van der Waals surface area (Å²) in [5.41, 5.74) is -0.102. The van der Waals surface area contributed by atoms with Crippen molar-refractivity contribution in [3.05, 3.63) is 12.7 Å². The second kappa shape index (κ2) is 6.61. The number of carbonyl (C=O) groups excluding carboxylic acids is 1. The first kappa shape index (κ1) is 19.5. The first-order valence-corrected chi connectivity index (χ1v) is 11.2. The van der Waals surface area contributed by atoms with Gasteiger partial charge in [0.2, 0.25) is 0 Å². The van der Waals surface area contributed by atoms with Gasteiger partial charge in [-0.05, 0) is 98.7 Å². The van der Waals surface area contributed by atoms with Crippen LogP contribution in [0.15, 0.2) is 12.7 Å². The molecule has 1 N–H and O–H groups in total. The molecule has 27 heavy (non-hydrogen) atoms. The van der Waals surface area contributed by atoms with Crippen molar-refractivity contribution in [2.45, 2.75) is 96.7 Å². The van der Waals surface area contributed by atoms with E-state index in [9.17, 15) is 9.90 Å². The lowest BCUT2D eigenvalue weighted by atomic mass is 9.44. The van der Waals surface area contributed by atoms with Crippen LogP contribution in [-0.4, -0.2) is 22.8 Å². The quantitative estimate of drug-likeness (QED) is 0.541. The van der Waals surface area contributed by atoms with Crippen molar-refractivity contribution in [2.75, 3.05) is 0 Å². The van der Waals surface area contributed by atoms with Crippen LogP contribution in [0.1, 0.15) is 85.0 Å². The predicted molar refractivity (Wildman–Crippen MR) is 107 cm³/mol. The lowest BCUT2D eigenvalue weighted by molar-refractivity contribution is -0.168. The number of esters is 1. The van der Waals surface area contributed by atoms with Gasteiger partial charge in [-0.1, -0.05) is 19.9 Å². The van der Waals surface area contributed by atoms with E-state index in [2.05, 4.69) is 20.4 Å². The van der Waals surface area contributed by atoms with Crippen LogP contribution < -0.4 is 0 Å². The van der Waals surface area contributed by atoms with Gasteiger partial charge in [-0.2, -0.15) is 0 Å². The highest BCUT2D eigenvalue weighted by Crippen LogP contribution is 2.68. The lowest BCUT2D eigenvalue weighted by Gasteiger charge is -2.61. The standard InChI is InChI=1S/C24H38O3/c1-5-11-24(26)14-10-21-19-7-6-17-15-18(27-16(2)25)8-12-22(17,3)20(19)9-13-23(21,24)4/h5,17-21,26H,1,6-15H2,2-4H3/t17-,18+,19+,20-,21-,22-,23-,24-/m0/s1. The number of ether oxygens (including phenoxy) is 1. The second-order valence-corrected chi connectivity index (χ2v) is 10.7. The Kier molecular flexibility index (Phi) is 4.77. The highest BCUT2D eigenvalue weighted by Gasteiger charge is 2.64. The average molecular weight is 375 g/mol. The summed E-state index contributed by atoms with van der Waals surface area (Å²) in [5.74, 6) is 2.76. The van der Waals surface area contributed by atoms with Crippen LogP contribution in [0.25, 0.3) is 0 Å². The van der Waals surface area contributed by atoms with Gasteiger partial charge in [0, 0.05) is 6.92 Å². The Bertz CT molecular complexity index is 615. The summed E-state index contributed by atoms with van der Waals surface area (Å²) in [7, 11) is 0. The number of carbonyl (C=O) groups is 1. The normalized spacial score (nSPS) is 51.6. The van der Waals surface area contributed by atoms with Gasteiger partial charge in [0.05, 0.1) is 5.60 Å². The first-order chi connectivity index (χ1) is 12.7. The van der Waals surface area contributed by atoms with Gasteiger partial charge in [0.1, 0.15) is 6.10 Å². The molecule has 4 rings (SSSR count). The number of aliphatic hydroxyl groups is 1. The van der Waals surface area contributed by atoms with Crippen molar-refractivity contribution in [3.63, 3.8) is 0 Å². The van der Waals surface area contributed by atoms with Crippen molar-refractivity contribution in [2.24, 2.45) is 34.5 Å². The van der Waals surface area contributed by atoms with Crippen molar-refractivity contribution >= 4 is 5.97 Å². The fourth-order valence-corrected chi connectivity index (χ4v) is 8.24. The highest BCUT2D eigenvalue weighted by molar-refractivity contribution is 5.66. The van der Waals surface area contributed by atoms with Gasteiger partial charge in [-0.3, -0.25) is 4.79 Å². The Morgan fingerprint density at radius 3 is 2.56 bits per heavy atom. The summed E-state index contributed by atoms with van der Waals surface area (Å²) in [6.07, 6.45) is 13.2. The van der Waals surface area contributed by atoms with Crippen molar-refractivity contribution in [3.8, 4) is 0 Å². The highest BCUT2D eigenvalue weighted by atomic mass is 16.5. The minimum absolute atomic E-state index is 0.0560. The summed E-state index contributed by atoms with van der Waals surface area (Å²) in [5, 5.41) is 11.4. The van der Waals surface area contributed by atoms with Gasteiger partial charge in [0.15, 0.2) is 0 Å². The summed E-state index contributed by atoms with van der Waals surface area (Å²) in [6, 6.07) is 0. The van der Waals surface area contributed by atoms with E-state index >= 15 is 0 Å². The van der Waals surface area contributed by atoms with E-state index in [1.54, 1.807) is 0 Å². The molecule has 0 aromatic rings. The topological polar surface area (TPSA) is 46.5 Å². The van der Waals surface area contributed by atoms with Crippen molar-refractivity contribution < 1.29 is 14.6 Å². The molecule has 4 aliphatic rings. The minimum Gasteiger partial charge on any atom is -0.463 e. The third-order valence-corrected chi connectivity index (χ3v) is 9.75. The van der Waals surface area contributed by atoms with Gasteiger partial charge in [0.25, 0.3) is 0 Å². The number of rotatable bonds is 3. The van der Waals surface area contributed by atoms with Gasteiger partial charge < -0.3 is 9.84 Å². The Morgan fingerprint density at radius 1 is 1.11 bits per heavy atom. The molecule has 152 valence electrons. The van der Waals surface area contributed by atoms with E-state index in [1.807, 2.05) is 6.08 Å². The molecule has 4 saturated carbocycles. The van der Waals surface area contributed by atoms with Crippen LogP contribution in [0.5, 0.6) is 0 Å². The predicted octanol–water partition coefficient (Wildman–Crippen LogP) is 5.27. The molecular weight excluding hydrogens is 336 g/mol. The van der Waals surface area contributed by atoms with E-state index in [4.69, 9.17) is 4.74 Å². The maximum atomic E-state index is 11.4. The second-order valence-electron chi connectivity index (χ2n) is 10.7. The summed E-state index contributed by atoms with van der Waals surface area (Å²) >= 11 is 0. The molecule has 3 heteroatoms.